The summed E-state index contributed by atoms with van der Waals surface area (Å²) in [4.78, 5) is 48.4. The highest BCUT2D eigenvalue weighted by Gasteiger charge is 2.34. The minimum absolute atomic E-state index is 0.0981. The van der Waals surface area contributed by atoms with Crippen molar-refractivity contribution in [2.45, 2.75) is 6.92 Å². The molecule has 3 aromatic rings. The van der Waals surface area contributed by atoms with E-state index in [-0.39, 0.29) is 22.6 Å². The van der Waals surface area contributed by atoms with E-state index in [1.165, 1.54) is 24.3 Å². The van der Waals surface area contributed by atoms with Crippen LogP contribution < -0.4 is 20.5 Å². The number of ether oxygens (including phenoxy) is 1. The van der Waals surface area contributed by atoms with E-state index in [0.29, 0.717) is 11.4 Å². The lowest BCUT2D eigenvalue weighted by Gasteiger charge is -2.14. The van der Waals surface area contributed by atoms with Crippen molar-refractivity contribution in [2.24, 2.45) is 0 Å². The number of hydrogen-bond acceptors (Lipinski definition) is 6. The number of rotatable bonds is 7. The number of nitro groups is 1. The molecule has 2 N–H and O–H groups in total. The van der Waals surface area contributed by atoms with Crippen molar-refractivity contribution in [1.82, 2.24) is 5.43 Å². The molecule has 0 radical (unpaired) electrons. The van der Waals surface area contributed by atoms with Crippen LogP contribution in [0.3, 0.4) is 0 Å². The maximum absolute atomic E-state index is 12.9. The molecule has 1 fully saturated rings. The lowest BCUT2D eigenvalue weighted by molar-refractivity contribution is -0.384. The second kappa shape index (κ2) is 9.87. The fourth-order valence-corrected chi connectivity index (χ4v) is 3.34. The van der Waals surface area contributed by atoms with Gasteiger partial charge in [0.1, 0.15) is 11.3 Å². The van der Waals surface area contributed by atoms with Gasteiger partial charge in [-0.2, -0.15) is 0 Å². The van der Waals surface area contributed by atoms with Crippen molar-refractivity contribution in [3.8, 4) is 5.75 Å². The molecule has 0 saturated carbocycles. The van der Waals surface area contributed by atoms with Gasteiger partial charge in [-0.3, -0.25) is 29.9 Å². The molecule has 0 aliphatic carbocycles. The Kier molecular flexibility index (Phi) is 6.54. The Labute approximate surface area is 199 Å². The van der Waals surface area contributed by atoms with Crippen molar-refractivity contribution in [2.75, 3.05) is 16.9 Å². The van der Waals surface area contributed by atoms with Crippen LogP contribution in [0.25, 0.3) is 6.08 Å². The average Bonchev–Trinajstić information content (AvgIpc) is 3.13. The van der Waals surface area contributed by atoms with E-state index in [9.17, 15) is 24.5 Å². The smallest absolute Gasteiger partial charge is 0.282 e. The third kappa shape index (κ3) is 5.33. The lowest BCUT2D eigenvalue weighted by Crippen LogP contribution is -2.35. The van der Waals surface area contributed by atoms with Gasteiger partial charge in [-0.25, -0.2) is 5.01 Å². The number of carbonyl (C=O) groups is 3. The van der Waals surface area contributed by atoms with E-state index in [4.69, 9.17) is 4.74 Å². The summed E-state index contributed by atoms with van der Waals surface area (Å²) in [5, 5.41) is 15.1. The Morgan fingerprint density at radius 3 is 2.49 bits per heavy atom. The highest BCUT2D eigenvalue weighted by Crippen LogP contribution is 2.29. The molecule has 176 valence electrons. The highest BCUT2D eigenvalue weighted by atomic mass is 16.6. The first kappa shape index (κ1) is 23.2. The van der Waals surface area contributed by atoms with E-state index >= 15 is 0 Å². The Balaban J connectivity index is 1.57. The Morgan fingerprint density at radius 2 is 1.80 bits per heavy atom. The van der Waals surface area contributed by atoms with E-state index in [0.717, 1.165) is 10.6 Å². The van der Waals surface area contributed by atoms with Gasteiger partial charge < -0.3 is 10.1 Å². The first-order valence-corrected chi connectivity index (χ1v) is 10.5. The first-order chi connectivity index (χ1) is 16.8. The maximum Gasteiger partial charge on any atom is 0.282 e. The number of benzene rings is 3. The maximum atomic E-state index is 12.9. The zero-order chi connectivity index (χ0) is 24.9. The molecular formula is C25H20N4O6. The number of nitrogens with one attached hydrogen (secondary N) is 2. The minimum atomic E-state index is -0.673. The van der Waals surface area contributed by atoms with Crippen LogP contribution in [0.2, 0.25) is 0 Å². The summed E-state index contributed by atoms with van der Waals surface area (Å²) in [5.74, 6) is -1.65. The molecule has 1 saturated heterocycles. The first-order valence-electron chi connectivity index (χ1n) is 10.5. The van der Waals surface area contributed by atoms with Crippen LogP contribution in [0.4, 0.5) is 17.1 Å². The van der Waals surface area contributed by atoms with Gasteiger partial charge in [0, 0.05) is 23.4 Å². The number of nitrogens with zero attached hydrogens (tertiary/aromatic N) is 2. The minimum Gasteiger partial charge on any atom is -0.483 e. The third-order valence-electron chi connectivity index (χ3n) is 5.10. The number of hydrogen-bond donors (Lipinski definition) is 2. The molecule has 0 unspecified atom stereocenters. The molecule has 3 aromatic carbocycles. The molecule has 4 rings (SSSR count). The van der Waals surface area contributed by atoms with Crippen LogP contribution in [-0.2, 0) is 14.4 Å². The Morgan fingerprint density at radius 1 is 1.09 bits per heavy atom. The zero-order valence-electron chi connectivity index (χ0n) is 18.6. The Hall–Kier alpha value is -4.99. The lowest BCUT2D eigenvalue weighted by atomic mass is 10.1. The average molecular weight is 472 g/mol. The normalized spacial score (nSPS) is 14.1. The van der Waals surface area contributed by atoms with Gasteiger partial charge >= 0.3 is 0 Å². The Bertz CT molecular complexity index is 1340. The monoisotopic (exact) mass is 472 g/mol. The van der Waals surface area contributed by atoms with Gasteiger partial charge in [0.15, 0.2) is 6.61 Å². The zero-order valence-corrected chi connectivity index (χ0v) is 18.6. The molecule has 0 spiro atoms. The number of nitro benzene ring substituents is 1. The van der Waals surface area contributed by atoms with Crippen molar-refractivity contribution in [3.63, 3.8) is 0 Å². The van der Waals surface area contributed by atoms with E-state index in [1.807, 2.05) is 19.1 Å². The van der Waals surface area contributed by atoms with E-state index < -0.39 is 29.3 Å². The summed E-state index contributed by atoms with van der Waals surface area (Å²) in [6.07, 6.45) is 1.21. The summed E-state index contributed by atoms with van der Waals surface area (Å²) < 4.78 is 5.59. The number of para-hydroxylation sites is 1. The fourth-order valence-electron chi connectivity index (χ4n) is 3.34. The topological polar surface area (TPSA) is 131 Å². The van der Waals surface area contributed by atoms with Gasteiger partial charge in [-0.05, 0) is 43.3 Å². The second-order valence-electron chi connectivity index (χ2n) is 7.66. The van der Waals surface area contributed by atoms with Crippen molar-refractivity contribution in [3.05, 3.63) is 99.6 Å². The fraction of sp³-hybridized carbons (Fsp3) is 0.0800. The molecule has 1 heterocycles. The highest BCUT2D eigenvalue weighted by molar-refractivity contribution is 6.31. The van der Waals surface area contributed by atoms with Crippen molar-refractivity contribution >= 4 is 40.9 Å². The van der Waals surface area contributed by atoms with Crippen LogP contribution in [0.1, 0.15) is 11.1 Å². The molecule has 0 aromatic heterocycles. The van der Waals surface area contributed by atoms with E-state index in [1.54, 1.807) is 42.5 Å². The van der Waals surface area contributed by atoms with Crippen LogP contribution in [0.5, 0.6) is 5.75 Å². The molecule has 0 bridgehead atoms. The van der Waals surface area contributed by atoms with Crippen LogP contribution in [-0.4, -0.2) is 29.3 Å². The number of hydrazine groups is 1. The number of non-ortho nitro benzene ring substituents is 1. The van der Waals surface area contributed by atoms with Gasteiger partial charge in [-0.15, -0.1) is 0 Å². The molecule has 1 aliphatic heterocycles. The van der Waals surface area contributed by atoms with Gasteiger partial charge in [0.2, 0.25) is 0 Å². The summed E-state index contributed by atoms with van der Waals surface area (Å²) in [7, 11) is 0. The quantitative estimate of drug-likeness (QED) is 0.235. The third-order valence-corrected chi connectivity index (χ3v) is 5.10. The molecular weight excluding hydrogens is 452 g/mol. The number of carbonyl (C=O) groups excluding carboxylic acids is 3. The summed E-state index contributed by atoms with van der Waals surface area (Å²) in [5.41, 5.74) is 4.16. The van der Waals surface area contributed by atoms with Crippen LogP contribution in [0, 0.1) is 17.0 Å². The SMILES string of the molecule is Cc1ccc(NC(=O)COc2ccc([N+](=O)[O-])cc2C=C2C(=O)NN(c3ccccc3)C2=O)cc1. The van der Waals surface area contributed by atoms with Gasteiger partial charge in [-0.1, -0.05) is 35.9 Å². The molecule has 35 heavy (non-hydrogen) atoms. The second-order valence-corrected chi connectivity index (χ2v) is 7.66. The van der Waals surface area contributed by atoms with Crippen molar-refractivity contribution in [1.29, 1.82) is 0 Å². The number of anilines is 2. The van der Waals surface area contributed by atoms with Crippen molar-refractivity contribution < 1.29 is 24.0 Å². The molecule has 0 atom stereocenters. The predicted octanol–water partition coefficient (Wildman–Crippen LogP) is 3.38. The van der Waals surface area contributed by atoms with Crippen LogP contribution in [0.15, 0.2) is 78.4 Å². The summed E-state index contributed by atoms with van der Waals surface area (Å²) in [6.45, 7) is 1.53. The van der Waals surface area contributed by atoms with Crippen LogP contribution >= 0.6 is 0 Å². The molecule has 3 amide bonds. The summed E-state index contributed by atoms with van der Waals surface area (Å²) >= 11 is 0. The largest absolute Gasteiger partial charge is 0.483 e. The molecule has 10 heteroatoms. The molecule has 1 aliphatic rings. The van der Waals surface area contributed by atoms with Gasteiger partial charge in [0.05, 0.1) is 10.6 Å². The molecule has 10 nitrogen and oxygen atoms in total. The number of aryl methyl sites for hydroxylation is 1. The van der Waals surface area contributed by atoms with Gasteiger partial charge in [0.25, 0.3) is 23.4 Å². The standard InChI is InChI=1S/C25H20N4O6/c1-16-7-9-18(10-8-16)26-23(30)15-35-22-12-11-20(29(33)34)13-17(22)14-21-24(31)27-28(25(21)32)19-5-3-2-4-6-19/h2-14H,15H2,1H3,(H,26,30)(H,27,31). The summed E-state index contributed by atoms with van der Waals surface area (Å²) in [6, 6.07) is 19.4. The number of amides is 3. The predicted molar refractivity (Wildman–Crippen MR) is 128 cm³/mol. The van der Waals surface area contributed by atoms with E-state index in [2.05, 4.69) is 10.7 Å².